The minimum Gasteiger partial charge on any atom is -0.508 e. The Morgan fingerprint density at radius 3 is 2.49 bits per heavy atom. The first-order chi connectivity index (χ1) is 16.5. The highest BCUT2D eigenvalue weighted by atomic mass is 16.6. The van der Waals surface area contributed by atoms with Gasteiger partial charge in [0.1, 0.15) is 11.9 Å². The van der Waals surface area contributed by atoms with Crippen LogP contribution in [0.2, 0.25) is 0 Å². The highest BCUT2D eigenvalue weighted by Crippen LogP contribution is 2.47. The molecule has 0 radical (unpaired) electrons. The van der Waals surface area contributed by atoms with E-state index in [0.29, 0.717) is 28.0 Å². The minimum atomic E-state index is -0.781. The Morgan fingerprint density at radius 1 is 1.09 bits per heavy atom. The zero-order valence-electron chi connectivity index (χ0n) is 19.7. The molecule has 1 aliphatic rings. The third-order valence-electron chi connectivity index (χ3n) is 6.62. The largest absolute Gasteiger partial charge is 0.508 e. The molecule has 0 saturated heterocycles. The van der Waals surface area contributed by atoms with Gasteiger partial charge in [-0.1, -0.05) is 30.3 Å². The molecule has 4 aromatic rings. The Labute approximate surface area is 199 Å². The molecule has 2 aromatic heterocycles. The van der Waals surface area contributed by atoms with Crippen molar-refractivity contribution in [3.63, 3.8) is 0 Å². The van der Waals surface area contributed by atoms with Crippen LogP contribution in [-0.2, 0) is 24.4 Å². The second-order valence-corrected chi connectivity index (χ2v) is 9.37. The molecule has 0 aliphatic carbocycles. The molecule has 0 saturated carbocycles. The van der Waals surface area contributed by atoms with Crippen LogP contribution in [0.15, 0.2) is 58.1 Å². The number of para-hydroxylation sites is 1. The number of phenolic OH excluding ortho intramolecular Hbond substituents is 1. The average molecular weight is 476 g/mol. The SMILES string of the molecule is Cn1c(=O)c2c(-c3cccc([N+](=O)[O-])c3)n3c(c2n(C)c1=O)[C@H](c1ccccc1O)OCC3(C)C. The predicted molar refractivity (Wildman–Crippen MR) is 130 cm³/mol. The highest BCUT2D eigenvalue weighted by Gasteiger charge is 2.41. The summed E-state index contributed by atoms with van der Waals surface area (Å²) in [6.07, 6.45) is -0.781. The van der Waals surface area contributed by atoms with Gasteiger partial charge in [-0.3, -0.25) is 24.0 Å². The first-order valence-electron chi connectivity index (χ1n) is 11.0. The maximum Gasteiger partial charge on any atom is 0.331 e. The van der Waals surface area contributed by atoms with Gasteiger partial charge in [0.2, 0.25) is 0 Å². The summed E-state index contributed by atoms with van der Waals surface area (Å²) in [5.74, 6) is 0.0174. The zero-order valence-corrected chi connectivity index (χ0v) is 19.7. The Balaban J connectivity index is 2.02. The average Bonchev–Trinajstić information content (AvgIpc) is 3.20. The van der Waals surface area contributed by atoms with Crippen molar-refractivity contribution in [3.05, 3.63) is 90.7 Å². The Bertz CT molecular complexity index is 1640. The monoisotopic (exact) mass is 476 g/mol. The Morgan fingerprint density at radius 2 is 1.80 bits per heavy atom. The summed E-state index contributed by atoms with van der Waals surface area (Å²) < 4.78 is 10.6. The van der Waals surface area contributed by atoms with E-state index in [1.165, 1.54) is 23.7 Å². The lowest BCUT2D eigenvalue weighted by Gasteiger charge is -2.39. The molecule has 180 valence electrons. The van der Waals surface area contributed by atoms with Crippen LogP contribution in [0.3, 0.4) is 0 Å². The van der Waals surface area contributed by atoms with E-state index in [1.807, 2.05) is 18.4 Å². The van der Waals surface area contributed by atoms with Crippen molar-refractivity contribution in [2.75, 3.05) is 6.61 Å². The summed E-state index contributed by atoms with van der Waals surface area (Å²) in [6.45, 7) is 4.09. The molecule has 35 heavy (non-hydrogen) atoms. The van der Waals surface area contributed by atoms with E-state index in [4.69, 9.17) is 4.74 Å². The maximum absolute atomic E-state index is 13.6. The molecule has 2 aromatic carbocycles. The number of aryl methyl sites for hydroxylation is 1. The normalized spacial score (nSPS) is 16.9. The molecule has 0 amide bonds. The van der Waals surface area contributed by atoms with Crippen molar-refractivity contribution in [2.45, 2.75) is 25.5 Å². The van der Waals surface area contributed by atoms with Gasteiger partial charge >= 0.3 is 5.69 Å². The topological polar surface area (TPSA) is 122 Å². The second-order valence-electron chi connectivity index (χ2n) is 9.37. The molecule has 5 rings (SSSR count). The van der Waals surface area contributed by atoms with Gasteiger partial charge in [-0.25, -0.2) is 4.79 Å². The van der Waals surface area contributed by atoms with Crippen LogP contribution in [0.5, 0.6) is 5.75 Å². The van der Waals surface area contributed by atoms with Crippen molar-refractivity contribution in [1.29, 1.82) is 0 Å². The fourth-order valence-electron chi connectivity index (χ4n) is 4.98. The number of non-ortho nitro benzene ring substituents is 1. The van der Waals surface area contributed by atoms with Crippen molar-refractivity contribution in [2.24, 2.45) is 14.1 Å². The Kier molecular flexibility index (Phi) is 4.95. The second kappa shape index (κ2) is 7.67. The first-order valence-corrected chi connectivity index (χ1v) is 11.0. The Hall–Kier alpha value is -4.18. The van der Waals surface area contributed by atoms with Crippen LogP contribution < -0.4 is 11.2 Å². The summed E-state index contributed by atoms with van der Waals surface area (Å²) in [7, 11) is 2.98. The molecule has 0 fully saturated rings. The van der Waals surface area contributed by atoms with Crippen LogP contribution in [0.4, 0.5) is 5.69 Å². The number of nitro groups is 1. The number of ether oxygens (including phenoxy) is 1. The van der Waals surface area contributed by atoms with E-state index in [0.717, 1.165) is 4.57 Å². The van der Waals surface area contributed by atoms with Gasteiger partial charge in [0, 0.05) is 37.4 Å². The van der Waals surface area contributed by atoms with Gasteiger partial charge in [0.15, 0.2) is 0 Å². The molecule has 3 heterocycles. The standard InChI is InChI=1S/C25H24N4O6/c1-25(2)13-35-22(16-10-5-6-11-17(16)30)21-20-18(23(31)27(4)24(32)26(20)3)19(28(21)25)14-8-7-9-15(12-14)29(33)34/h5-12,22,30H,13H2,1-4H3/t22-/m0/s1. The molecule has 10 heteroatoms. The number of rotatable bonds is 3. The number of hydrogen-bond donors (Lipinski definition) is 1. The fraction of sp³-hybridized carbons (Fsp3) is 0.280. The number of aromatic nitrogens is 3. The van der Waals surface area contributed by atoms with Gasteiger partial charge in [-0.05, 0) is 19.9 Å². The van der Waals surface area contributed by atoms with Crippen LogP contribution in [-0.4, -0.2) is 30.3 Å². The first kappa shape index (κ1) is 22.6. The molecular formula is C25H24N4O6. The van der Waals surface area contributed by atoms with Gasteiger partial charge in [-0.2, -0.15) is 0 Å². The van der Waals surface area contributed by atoms with E-state index in [2.05, 4.69) is 0 Å². The molecule has 1 N–H and O–H groups in total. The molecule has 0 bridgehead atoms. The summed E-state index contributed by atoms with van der Waals surface area (Å²) in [4.78, 5) is 37.6. The quantitative estimate of drug-likeness (QED) is 0.358. The van der Waals surface area contributed by atoms with E-state index < -0.39 is 27.8 Å². The molecular weight excluding hydrogens is 452 g/mol. The lowest BCUT2D eigenvalue weighted by Crippen LogP contribution is -2.40. The van der Waals surface area contributed by atoms with Crippen LogP contribution >= 0.6 is 0 Å². The third kappa shape index (κ3) is 3.21. The molecule has 0 spiro atoms. The summed E-state index contributed by atoms with van der Waals surface area (Å²) in [5.41, 5.74) is 0.477. The van der Waals surface area contributed by atoms with Gasteiger partial charge in [0.05, 0.1) is 39.4 Å². The van der Waals surface area contributed by atoms with Crippen molar-refractivity contribution >= 4 is 16.6 Å². The molecule has 1 aliphatic heterocycles. The predicted octanol–water partition coefficient (Wildman–Crippen LogP) is 3.17. The van der Waals surface area contributed by atoms with Crippen molar-refractivity contribution in [1.82, 2.24) is 13.7 Å². The smallest absolute Gasteiger partial charge is 0.331 e. The zero-order chi connectivity index (χ0) is 25.2. The van der Waals surface area contributed by atoms with Crippen molar-refractivity contribution < 1.29 is 14.8 Å². The molecule has 10 nitrogen and oxygen atoms in total. The van der Waals surface area contributed by atoms with E-state index in [9.17, 15) is 24.8 Å². The summed E-state index contributed by atoms with van der Waals surface area (Å²) in [5, 5.41) is 22.4. The lowest BCUT2D eigenvalue weighted by molar-refractivity contribution is -0.384. The highest BCUT2D eigenvalue weighted by molar-refractivity contribution is 5.97. The maximum atomic E-state index is 13.6. The summed E-state index contributed by atoms with van der Waals surface area (Å²) >= 11 is 0. The number of fused-ring (bicyclic) bond motifs is 3. The lowest BCUT2D eigenvalue weighted by atomic mass is 9.97. The molecule has 1 atom stereocenters. The number of aromatic hydroxyl groups is 1. The van der Waals surface area contributed by atoms with Crippen LogP contribution in [0.1, 0.15) is 31.2 Å². The van der Waals surface area contributed by atoms with Gasteiger partial charge in [0.25, 0.3) is 11.2 Å². The van der Waals surface area contributed by atoms with E-state index in [-0.39, 0.29) is 23.4 Å². The fourth-order valence-corrected chi connectivity index (χ4v) is 4.98. The number of benzene rings is 2. The third-order valence-corrected chi connectivity index (χ3v) is 6.62. The van der Waals surface area contributed by atoms with Gasteiger partial charge in [-0.15, -0.1) is 0 Å². The minimum absolute atomic E-state index is 0.0174. The number of hydrogen-bond acceptors (Lipinski definition) is 6. The number of nitro benzene ring substituents is 1. The van der Waals surface area contributed by atoms with E-state index in [1.54, 1.807) is 43.4 Å². The summed E-state index contributed by atoms with van der Waals surface area (Å²) in [6, 6.07) is 12.8. The molecule has 0 unspecified atom stereocenters. The van der Waals surface area contributed by atoms with E-state index >= 15 is 0 Å². The van der Waals surface area contributed by atoms with Crippen LogP contribution in [0, 0.1) is 10.1 Å². The van der Waals surface area contributed by atoms with Gasteiger partial charge < -0.3 is 14.4 Å². The van der Waals surface area contributed by atoms with Crippen molar-refractivity contribution in [3.8, 4) is 17.0 Å². The van der Waals surface area contributed by atoms with Crippen LogP contribution in [0.25, 0.3) is 22.2 Å². The number of nitrogens with zero attached hydrogens (tertiary/aromatic N) is 4. The number of phenols is 1.